The fourth-order valence-electron chi connectivity index (χ4n) is 4.19. The molecule has 0 amide bonds. The maximum Gasteiger partial charge on any atom is 0.0103 e. The van der Waals surface area contributed by atoms with Crippen molar-refractivity contribution in [3.05, 3.63) is 71.8 Å². The Kier molecular flexibility index (Phi) is 8.53. The van der Waals surface area contributed by atoms with Gasteiger partial charge in [-0.05, 0) is 64.0 Å². The van der Waals surface area contributed by atoms with Gasteiger partial charge >= 0.3 is 0 Å². The third-order valence-electron chi connectivity index (χ3n) is 5.84. The Morgan fingerprint density at radius 3 is 1.96 bits per heavy atom. The third-order valence-corrected chi connectivity index (χ3v) is 5.84. The predicted octanol–water partition coefficient (Wildman–Crippen LogP) is 5.10. The molecule has 1 atom stereocenters. The highest BCUT2D eigenvalue weighted by molar-refractivity contribution is 5.27. The lowest BCUT2D eigenvalue weighted by Gasteiger charge is -2.41. The summed E-state index contributed by atoms with van der Waals surface area (Å²) in [6.45, 7) is 8.15. The average molecular weight is 367 g/mol. The van der Waals surface area contributed by atoms with E-state index < -0.39 is 0 Å². The van der Waals surface area contributed by atoms with E-state index >= 15 is 0 Å². The molecule has 2 heteroatoms. The van der Waals surface area contributed by atoms with Gasteiger partial charge in [-0.15, -0.1) is 0 Å². The van der Waals surface area contributed by atoms with Gasteiger partial charge in [0.15, 0.2) is 0 Å². The summed E-state index contributed by atoms with van der Waals surface area (Å²) >= 11 is 0. The van der Waals surface area contributed by atoms with Crippen molar-refractivity contribution in [3.63, 3.8) is 0 Å². The number of rotatable bonds is 11. The molecule has 2 nitrogen and oxygen atoms in total. The second-order valence-electron chi connectivity index (χ2n) is 8.56. The first kappa shape index (κ1) is 21.7. The van der Waals surface area contributed by atoms with E-state index in [4.69, 9.17) is 0 Å². The number of hydrogen-bond acceptors (Lipinski definition) is 2. The van der Waals surface area contributed by atoms with Gasteiger partial charge in [0.05, 0.1) is 0 Å². The first-order valence-electron chi connectivity index (χ1n) is 10.4. The molecule has 2 aromatic rings. The maximum absolute atomic E-state index is 2.48. The standard InChI is InChI=1S/C25H38N2/c1-22(2)25(21-26(3)4,24-15-10-7-11-16-24)18-12-19-27(5)20-17-23-13-8-6-9-14-23/h6-11,13-16,22H,12,17-21H2,1-5H3. The molecular formula is C25H38N2. The molecule has 0 aliphatic heterocycles. The van der Waals surface area contributed by atoms with Gasteiger partial charge < -0.3 is 9.80 Å². The fraction of sp³-hybridized carbons (Fsp3) is 0.520. The summed E-state index contributed by atoms with van der Waals surface area (Å²) < 4.78 is 0. The zero-order chi connectivity index (χ0) is 19.7. The maximum atomic E-state index is 2.48. The molecule has 0 bridgehead atoms. The molecule has 0 heterocycles. The molecule has 0 aliphatic rings. The molecule has 2 rings (SSSR count). The average Bonchev–Trinajstić information content (AvgIpc) is 2.66. The third kappa shape index (κ3) is 6.48. The van der Waals surface area contributed by atoms with Crippen LogP contribution in [0, 0.1) is 5.92 Å². The van der Waals surface area contributed by atoms with Gasteiger partial charge in [-0.3, -0.25) is 0 Å². The molecule has 1 unspecified atom stereocenters. The number of nitrogens with zero attached hydrogens (tertiary/aromatic N) is 2. The van der Waals surface area contributed by atoms with Crippen LogP contribution in [0.1, 0.15) is 37.8 Å². The summed E-state index contributed by atoms with van der Waals surface area (Å²) in [4.78, 5) is 4.84. The molecule has 0 saturated heterocycles. The highest BCUT2D eigenvalue weighted by Gasteiger charge is 2.35. The minimum Gasteiger partial charge on any atom is -0.309 e. The zero-order valence-electron chi connectivity index (χ0n) is 18.0. The first-order chi connectivity index (χ1) is 12.9. The predicted molar refractivity (Wildman–Crippen MR) is 118 cm³/mol. The lowest BCUT2D eigenvalue weighted by Crippen LogP contribution is -2.42. The van der Waals surface area contributed by atoms with Crippen molar-refractivity contribution in [2.75, 3.05) is 40.8 Å². The molecule has 0 saturated carbocycles. The van der Waals surface area contributed by atoms with Crippen LogP contribution in [0.2, 0.25) is 0 Å². The Balaban J connectivity index is 1.97. The van der Waals surface area contributed by atoms with Crippen LogP contribution in [-0.4, -0.2) is 50.6 Å². The van der Waals surface area contributed by atoms with Crippen LogP contribution in [0.15, 0.2) is 60.7 Å². The van der Waals surface area contributed by atoms with Gasteiger partial charge in [0.2, 0.25) is 0 Å². The van der Waals surface area contributed by atoms with Gasteiger partial charge in [0.25, 0.3) is 0 Å². The van der Waals surface area contributed by atoms with Crippen molar-refractivity contribution >= 4 is 0 Å². The summed E-state index contributed by atoms with van der Waals surface area (Å²) in [5.74, 6) is 0.608. The van der Waals surface area contributed by atoms with Crippen LogP contribution in [0.25, 0.3) is 0 Å². The minimum absolute atomic E-state index is 0.213. The highest BCUT2D eigenvalue weighted by Crippen LogP contribution is 2.37. The Morgan fingerprint density at radius 2 is 1.41 bits per heavy atom. The van der Waals surface area contributed by atoms with Gasteiger partial charge in [-0.1, -0.05) is 74.5 Å². The summed E-state index contributed by atoms with van der Waals surface area (Å²) in [6, 6.07) is 22.0. The van der Waals surface area contributed by atoms with E-state index in [2.05, 4.69) is 105 Å². The van der Waals surface area contributed by atoms with E-state index in [0.717, 1.165) is 26.1 Å². The Labute approximate surface area is 167 Å². The van der Waals surface area contributed by atoms with Gasteiger partial charge in [-0.2, -0.15) is 0 Å². The van der Waals surface area contributed by atoms with Crippen molar-refractivity contribution in [2.24, 2.45) is 5.92 Å². The fourth-order valence-corrected chi connectivity index (χ4v) is 4.19. The summed E-state index contributed by atoms with van der Waals surface area (Å²) in [6.07, 6.45) is 3.58. The monoisotopic (exact) mass is 366 g/mol. The van der Waals surface area contributed by atoms with Crippen molar-refractivity contribution in [2.45, 2.75) is 38.5 Å². The van der Waals surface area contributed by atoms with E-state index in [0.29, 0.717) is 5.92 Å². The summed E-state index contributed by atoms with van der Waals surface area (Å²) in [7, 11) is 6.66. The lowest BCUT2D eigenvalue weighted by molar-refractivity contribution is 0.191. The van der Waals surface area contributed by atoms with E-state index in [1.807, 2.05) is 0 Å². The van der Waals surface area contributed by atoms with Gasteiger partial charge in [0, 0.05) is 18.5 Å². The topological polar surface area (TPSA) is 6.48 Å². The van der Waals surface area contributed by atoms with Crippen molar-refractivity contribution < 1.29 is 0 Å². The molecule has 148 valence electrons. The normalized spacial score (nSPS) is 14.1. The summed E-state index contributed by atoms with van der Waals surface area (Å²) in [5.41, 5.74) is 3.13. The number of likely N-dealkylation sites (N-methyl/N-ethyl adjacent to an activating group) is 2. The van der Waals surface area contributed by atoms with Crippen molar-refractivity contribution in [1.29, 1.82) is 0 Å². The lowest BCUT2D eigenvalue weighted by atomic mass is 9.68. The zero-order valence-corrected chi connectivity index (χ0v) is 18.0. The SMILES string of the molecule is CC(C)C(CCCN(C)CCc1ccccc1)(CN(C)C)c1ccccc1. The molecule has 27 heavy (non-hydrogen) atoms. The largest absolute Gasteiger partial charge is 0.309 e. The Hall–Kier alpha value is -1.64. The van der Waals surface area contributed by atoms with Crippen molar-refractivity contribution in [3.8, 4) is 0 Å². The smallest absolute Gasteiger partial charge is 0.0103 e. The molecular weight excluding hydrogens is 328 g/mol. The number of hydrogen-bond donors (Lipinski definition) is 0. The van der Waals surface area contributed by atoms with Crippen LogP contribution >= 0.6 is 0 Å². The Morgan fingerprint density at radius 1 is 0.815 bits per heavy atom. The van der Waals surface area contributed by atoms with E-state index in [1.54, 1.807) is 0 Å². The van der Waals surface area contributed by atoms with Crippen LogP contribution in [0.4, 0.5) is 0 Å². The molecule has 0 aliphatic carbocycles. The molecule has 0 spiro atoms. The molecule has 0 radical (unpaired) electrons. The van der Waals surface area contributed by atoms with E-state index in [-0.39, 0.29) is 5.41 Å². The van der Waals surface area contributed by atoms with Gasteiger partial charge in [-0.25, -0.2) is 0 Å². The van der Waals surface area contributed by atoms with Crippen molar-refractivity contribution in [1.82, 2.24) is 9.80 Å². The van der Waals surface area contributed by atoms with Crippen LogP contribution < -0.4 is 0 Å². The quantitative estimate of drug-likeness (QED) is 0.546. The molecule has 0 aromatic heterocycles. The second kappa shape index (κ2) is 10.6. The summed E-state index contributed by atoms with van der Waals surface area (Å²) in [5, 5.41) is 0. The minimum atomic E-state index is 0.213. The van der Waals surface area contributed by atoms with Crippen LogP contribution in [-0.2, 0) is 11.8 Å². The van der Waals surface area contributed by atoms with E-state index in [9.17, 15) is 0 Å². The second-order valence-corrected chi connectivity index (χ2v) is 8.56. The highest BCUT2D eigenvalue weighted by atomic mass is 15.1. The molecule has 0 fully saturated rings. The number of benzene rings is 2. The van der Waals surface area contributed by atoms with Gasteiger partial charge in [0.1, 0.15) is 0 Å². The van der Waals surface area contributed by atoms with Crippen LogP contribution in [0.5, 0.6) is 0 Å². The van der Waals surface area contributed by atoms with Crippen LogP contribution in [0.3, 0.4) is 0 Å². The van der Waals surface area contributed by atoms with E-state index in [1.165, 1.54) is 24.0 Å². The first-order valence-corrected chi connectivity index (χ1v) is 10.4. The Bertz CT molecular complexity index is 636. The molecule has 0 N–H and O–H groups in total. The molecule has 2 aromatic carbocycles.